The topological polar surface area (TPSA) is 42.4 Å². The lowest BCUT2D eigenvalue weighted by molar-refractivity contribution is -0.124. The summed E-state index contributed by atoms with van der Waals surface area (Å²) in [5.41, 5.74) is 1.87. The van der Waals surface area contributed by atoms with E-state index in [1.165, 1.54) is 0 Å². The Morgan fingerprint density at radius 3 is 2.73 bits per heavy atom. The molecule has 0 aliphatic rings. The van der Waals surface area contributed by atoms with Gasteiger partial charge in [-0.1, -0.05) is 24.3 Å². The number of para-hydroxylation sites is 1. The summed E-state index contributed by atoms with van der Waals surface area (Å²) in [5, 5.41) is 0. The summed E-state index contributed by atoms with van der Waals surface area (Å²) >= 11 is 0. The summed E-state index contributed by atoms with van der Waals surface area (Å²) in [5.74, 6) is 0.713. The number of hydrogen-bond donors (Lipinski definition) is 0. The summed E-state index contributed by atoms with van der Waals surface area (Å²) < 4.78 is 5.26. The second kappa shape index (κ2) is 7.98. The third kappa shape index (κ3) is 4.45. The molecule has 0 spiro atoms. The van der Waals surface area contributed by atoms with Crippen molar-refractivity contribution in [1.29, 1.82) is 0 Å². The van der Waals surface area contributed by atoms with Crippen LogP contribution in [0.3, 0.4) is 0 Å². The van der Waals surface area contributed by atoms with Crippen molar-refractivity contribution in [3.05, 3.63) is 66.0 Å². The Kier molecular flexibility index (Phi) is 5.72. The predicted octanol–water partition coefficient (Wildman–Crippen LogP) is 2.80. The molecule has 0 atom stereocenters. The Balaban J connectivity index is 1.92. The van der Waals surface area contributed by atoms with Crippen molar-refractivity contribution >= 4 is 12.0 Å². The van der Waals surface area contributed by atoms with Gasteiger partial charge >= 0.3 is 0 Å². The zero-order valence-corrected chi connectivity index (χ0v) is 12.9. The number of benzene rings is 1. The van der Waals surface area contributed by atoms with E-state index in [2.05, 4.69) is 4.98 Å². The molecule has 1 aromatic heterocycles. The Hall–Kier alpha value is -2.62. The molecule has 0 radical (unpaired) electrons. The van der Waals surface area contributed by atoms with Gasteiger partial charge in [0.05, 0.1) is 7.11 Å². The van der Waals surface area contributed by atoms with Crippen LogP contribution < -0.4 is 4.74 Å². The van der Waals surface area contributed by atoms with Crippen LogP contribution in [0.5, 0.6) is 5.75 Å². The highest BCUT2D eigenvalue weighted by molar-refractivity contribution is 5.92. The number of likely N-dealkylation sites (N-methyl/N-ethyl adjacent to an activating group) is 1. The molecule has 0 aliphatic heterocycles. The van der Waals surface area contributed by atoms with Crippen LogP contribution in [0.2, 0.25) is 0 Å². The van der Waals surface area contributed by atoms with Crippen molar-refractivity contribution in [2.75, 3.05) is 20.7 Å². The Labute approximate surface area is 131 Å². The fourth-order valence-corrected chi connectivity index (χ4v) is 2.03. The lowest BCUT2D eigenvalue weighted by atomic mass is 10.2. The maximum Gasteiger partial charge on any atom is 0.246 e. The van der Waals surface area contributed by atoms with Gasteiger partial charge in [-0.05, 0) is 24.3 Å². The highest BCUT2D eigenvalue weighted by atomic mass is 16.5. The summed E-state index contributed by atoms with van der Waals surface area (Å²) in [4.78, 5) is 18.1. The molecule has 0 unspecified atom stereocenters. The van der Waals surface area contributed by atoms with Gasteiger partial charge in [0.2, 0.25) is 5.91 Å². The molecule has 2 rings (SSSR count). The fourth-order valence-electron chi connectivity index (χ4n) is 2.03. The van der Waals surface area contributed by atoms with Crippen LogP contribution in [-0.4, -0.2) is 36.5 Å². The molecule has 22 heavy (non-hydrogen) atoms. The quantitative estimate of drug-likeness (QED) is 0.770. The molecule has 1 heterocycles. The highest BCUT2D eigenvalue weighted by Crippen LogP contribution is 2.18. The Bertz CT molecular complexity index is 639. The number of hydrogen-bond acceptors (Lipinski definition) is 3. The maximum atomic E-state index is 12.1. The number of carbonyl (C=O) groups is 1. The summed E-state index contributed by atoms with van der Waals surface area (Å²) in [6.07, 6.45) is 5.85. The summed E-state index contributed by atoms with van der Waals surface area (Å²) in [6.45, 7) is 0.631. The first-order valence-electron chi connectivity index (χ1n) is 7.17. The molecule has 0 fully saturated rings. The molecule has 0 saturated heterocycles. The smallest absolute Gasteiger partial charge is 0.246 e. The fraction of sp³-hybridized carbons (Fsp3) is 0.222. The zero-order valence-electron chi connectivity index (χ0n) is 12.9. The van der Waals surface area contributed by atoms with E-state index in [9.17, 15) is 4.79 Å². The number of ether oxygens (including phenoxy) is 1. The molecule has 4 nitrogen and oxygen atoms in total. The van der Waals surface area contributed by atoms with Gasteiger partial charge in [-0.3, -0.25) is 9.78 Å². The minimum Gasteiger partial charge on any atom is -0.496 e. The monoisotopic (exact) mass is 296 g/mol. The van der Waals surface area contributed by atoms with Crippen LogP contribution in [-0.2, 0) is 11.2 Å². The number of amides is 1. The van der Waals surface area contributed by atoms with Crippen LogP contribution in [0.25, 0.3) is 6.08 Å². The number of methoxy groups -OCH3 is 1. The van der Waals surface area contributed by atoms with E-state index in [0.717, 1.165) is 23.4 Å². The third-order valence-corrected chi connectivity index (χ3v) is 3.35. The number of carbonyl (C=O) groups excluding carboxylic acids is 1. The highest BCUT2D eigenvalue weighted by Gasteiger charge is 2.06. The van der Waals surface area contributed by atoms with Crippen LogP contribution in [0.1, 0.15) is 11.3 Å². The largest absolute Gasteiger partial charge is 0.496 e. The van der Waals surface area contributed by atoms with Crippen molar-refractivity contribution in [2.45, 2.75) is 6.42 Å². The van der Waals surface area contributed by atoms with Crippen molar-refractivity contribution in [1.82, 2.24) is 9.88 Å². The maximum absolute atomic E-state index is 12.1. The first kappa shape index (κ1) is 15.8. The summed E-state index contributed by atoms with van der Waals surface area (Å²) in [6, 6.07) is 13.4. The van der Waals surface area contributed by atoms with Crippen LogP contribution in [0.15, 0.2) is 54.7 Å². The van der Waals surface area contributed by atoms with E-state index in [-0.39, 0.29) is 5.91 Å². The number of aromatic nitrogens is 1. The van der Waals surface area contributed by atoms with E-state index < -0.39 is 0 Å². The van der Waals surface area contributed by atoms with Gasteiger partial charge < -0.3 is 9.64 Å². The Morgan fingerprint density at radius 1 is 1.23 bits per heavy atom. The number of nitrogens with zero attached hydrogens (tertiary/aromatic N) is 2. The average molecular weight is 296 g/mol. The molecule has 4 heteroatoms. The first-order valence-corrected chi connectivity index (χ1v) is 7.17. The van der Waals surface area contributed by atoms with Crippen molar-refractivity contribution < 1.29 is 9.53 Å². The second-order valence-corrected chi connectivity index (χ2v) is 4.91. The standard InChI is InChI=1S/C18H20N2O2/c1-20(14-12-16-8-5-6-13-19-16)18(21)11-10-15-7-3-4-9-17(15)22-2/h3-11,13H,12,14H2,1-2H3/b11-10+. The minimum absolute atomic E-state index is 0.0400. The van der Waals surface area contributed by atoms with Gasteiger partial charge in [-0.2, -0.15) is 0 Å². The number of rotatable bonds is 6. The lowest BCUT2D eigenvalue weighted by Gasteiger charge is -2.14. The molecule has 1 amide bonds. The van der Waals surface area contributed by atoms with Crippen LogP contribution in [0.4, 0.5) is 0 Å². The first-order chi connectivity index (χ1) is 10.7. The predicted molar refractivity (Wildman–Crippen MR) is 87.6 cm³/mol. The van der Waals surface area contributed by atoms with E-state index >= 15 is 0 Å². The van der Waals surface area contributed by atoms with E-state index in [1.807, 2.05) is 42.5 Å². The third-order valence-electron chi connectivity index (χ3n) is 3.35. The van der Waals surface area contributed by atoms with Gasteiger partial charge in [0.1, 0.15) is 5.75 Å². The normalized spacial score (nSPS) is 10.6. The minimum atomic E-state index is -0.0400. The average Bonchev–Trinajstić information content (AvgIpc) is 2.58. The molecule has 114 valence electrons. The number of pyridine rings is 1. The van der Waals surface area contributed by atoms with Gasteiger partial charge in [-0.25, -0.2) is 0 Å². The van der Waals surface area contributed by atoms with Crippen molar-refractivity contribution in [3.63, 3.8) is 0 Å². The van der Waals surface area contributed by atoms with Crippen LogP contribution >= 0.6 is 0 Å². The molecular weight excluding hydrogens is 276 g/mol. The molecular formula is C18H20N2O2. The molecule has 2 aromatic rings. The van der Waals surface area contributed by atoms with Gasteiger partial charge in [-0.15, -0.1) is 0 Å². The van der Waals surface area contributed by atoms with E-state index in [1.54, 1.807) is 37.4 Å². The second-order valence-electron chi connectivity index (χ2n) is 4.91. The lowest BCUT2D eigenvalue weighted by Crippen LogP contribution is -2.27. The van der Waals surface area contributed by atoms with Crippen LogP contribution in [0, 0.1) is 0 Å². The van der Waals surface area contributed by atoms with E-state index in [4.69, 9.17) is 4.74 Å². The molecule has 0 N–H and O–H groups in total. The Morgan fingerprint density at radius 2 is 2.00 bits per heavy atom. The summed E-state index contributed by atoms with van der Waals surface area (Å²) in [7, 11) is 3.41. The van der Waals surface area contributed by atoms with Gasteiger partial charge in [0.15, 0.2) is 0 Å². The van der Waals surface area contributed by atoms with E-state index in [0.29, 0.717) is 6.54 Å². The molecule has 0 bridgehead atoms. The van der Waals surface area contributed by atoms with Crippen molar-refractivity contribution in [3.8, 4) is 5.75 Å². The molecule has 0 aliphatic carbocycles. The molecule has 1 aromatic carbocycles. The van der Waals surface area contributed by atoms with Gasteiger partial charge in [0, 0.05) is 43.5 Å². The zero-order chi connectivity index (χ0) is 15.8. The van der Waals surface area contributed by atoms with Gasteiger partial charge in [0.25, 0.3) is 0 Å². The SMILES string of the molecule is COc1ccccc1/C=C/C(=O)N(C)CCc1ccccn1. The molecule has 0 saturated carbocycles. The van der Waals surface area contributed by atoms with Crippen molar-refractivity contribution in [2.24, 2.45) is 0 Å².